The summed E-state index contributed by atoms with van der Waals surface area (Å²) >= 11 is 0. The number of nitrogen functional groups attached to an aromatic ring is 1. The van der Waals surface area contributed by atoms with Crippen LogP contribution in [0.25, 0.3) is 16.7 Å². The van der Waals surface area contributed by atoms with Crippen molar-refractivity contribution in [1.29, 1.82) is 0 Å². The maximum atomic E-state index is 5.98. The summed E-state index contributed by atoms with van der Waals surface area (Å²) in [5.74, 6) is 0.497. The Labute approximate surface area is 117 Å². The zero-order valence-corrected chi connectivity index (χ0v) is 11.1. The number of anilines is 1. The fourth-order valence-corrected chi connectivity index (χ4v) is 2.10. The molecule has 0 bridgehead atoms. The molecule has 5 heteroatoms. The number of nitrogens with zero attached hydrogens (tertiary/aromatic N) is 2. The monoisotopic (exact) mass is 274 g/mol. The van der Waals surface area contributed by atoms with Crippen LogP contribution >= 0.6 is 12.4 Å². The normalized spacial score (nSPS) is 10.4. The van der Waals surface area contributed by atoms with Crippen LogP contribution in [0.3, 0.4) is 0 Å². The average molecular weight is 275 g/mol. The van der Waals surface area contributed by atoms with Gasteiger partial charge in [0.1, 0.15) is 0 Å². The minimum absolute atomic E-state index is 0. The molecule has 0 aliphatic heterocycles. The van der Waals surface area contributed by atoms with Gasteiger partial charge in [0, 0.05) is 12.2 Å². The van der Waals surface area contributed by atoms with Crippen molar-refractivity contribution in [2.24, 2.45) is 5.73 Å². The van der Waals surface area contributed by atoms with Crippen molar-refractivity contribution >= 4 is 29.4 Å². The lowest BCUT2D eigenvalue weighted by molar-refractivity contribution is 1.06. The highest BCUT2D eigenvalue weighted by Gasteiger charge is 2.08. The van der Waals surface area contributed by atoms with E-state index in [0.717, 1.165) is 22.3 Å². The summed E-state index contributed by atoms with van der Waals surface area (Å²) in [5.41, 5.74) is 15.6. The van der Waals surface area contributed by atoms with Crippen LogP contribution in [0.4, 0.5) is 5.95 Å². The second-order valence-corrected chi connectivity index (χ2v) is 4.16. The van der Waals surface area contributed by atoms with Gasteiger partial charge in [-0.2, -0.15) is 0 Å². The van der Waals surface area contributed by atoms with Gasteiger partial charge in [-0.15, -0.1) is 12.4 Å². The molecular formula is C14H15ClN4. The van der Waals surface area contributed by atoms with E-state index in [1.807, 2.05) is 53.1 Å². The molecule has 1 aromatic heterocycles. The average Bonchev–Trinajstić information content (AvgIpc) is 2.75. The highest BCUT2D eigenvalue weighted by molar-refractivity contribution is 5.85. The summed E-state index contributed by atoms with van der Waals surface area (Å²) in [7, 11) is 0. The first-order valence-electron chi connectivity index (χ1n) is 5.82. The number of aromatic nitrogens is 2. The van der Waals surface area contributed by atoms with E-state index >= 15 is 0 Å². The van der Waals surface area contributed by atoms with Crippen LogP contribution < -0.4 is 11.5 Å². The molecule has 0 saturated carbocycles. The summed E-state index contributed by atoms with van der Waals surface area (Å²) in [6.45, 7) is 0.542. The summed E-state index contributed by atoms with van der Waals surface area (Å²) in [6, 6.07) is 15.9. The van der Waals surface area contributed by atoms with Gasteiger partial charge in [-0.25, -0.2) is 4.98 Å². The fraction of sp³-hybridized carbons (Fsp3) is 0.0714. The van der Waals surface area contributed by atoms with Gasteiger partial charge in [0.15, 0.2) is 0 Å². The Morgan fingerprint density at radius 2 is 1.68 bits per heavy atom. The lowest BCUT2D eigenvalue weighted by Gasteiger charge is -2.07. The van der Waals surface area contributed by atoms with E-state index in [4.69, 9.17) is 11.5 Å². The minimum atomic E-state index is 0. The molecule has 4 nitrogen and oxygen atoms in total. The van der Waals surface area contributed by atoms with Gasteiger partial charge in [-0.05, 0) is 29.8 Å². The summed E-state index contributed by atoms with van der Waals surface area (Å²) in [5, 5.41) is 0. The van der Waals surface area contributed by atoms with Gasteiger partial charge >= 0.3 is 0 Å². The molecule has 0 aliphatic rings. The minimum Gasteiger partial charge on any atom is -0.369 e. The number of imidazole rings is 1. The molecule has 0 atom stereocenters. The Kier molecular flexibility index (Phi) is 3.74. The Balaban J connectivity index is 0.00000133. The molecule has 0 spiro atoms. The molecule has 0 fully saturated rings. The van der Waals surface area contributed by atoms with Crippen LogP contribution in [0.15, 0.2) is 48.5 Å². The molecular weight excluding hydrogens is 260 g/mol. The van der Waals surface area contributed by atoms with Gasteiger partial charge < -0.3 is 11.5 Å². The Morgan fingerprint density at radius 1 is 1.00 bits per heavy atom. The summed E-state index contributed by atoms with van der Waals surface area (Å²) < 4.78 is 1.94. The van der Waals surface area contributed by atoms with Crippen molar-refractivity contribution in [3.63, 3.8) is 0 Å². The van der Waals surface area contributed by atoms with Gasteiger partial charge in [0.05, 0.1) is 11.0 Å². The van der Waals surface area contributed by atoms with Crippen LogP contribution in [0.2, 0.25) is 0 Å². The van der Waals surface area contributed by atoms with Crippen molar-refractivity contribution in [2.75, 3.05) is 5.73 Å². The lowest BCUT2D eigenvalue weighted by atomic mass is 10.2. The topological polar surface area (TPSA) is 69.9 Å². The SMILES string of the molecule is Cl.NCc1ccc(-n2c(N)nc3ccccc32)cc1. The van der Waals surface area contributed by atoms with Crippen molar-refractivity contribution in [3.8, 4) is 5.69 Å². The predicted molar refractivity (Wildman–Crippen MR) is 80.6 cm³/mol. The first kappa shape index (κ1) is 13.4. The number of para-hydroxylation sites is 2. The molecule has 4 N–H and O–H groups in total. The number of nitrogens with two attached hydrogens (primary N) is 2. The number of rotatable bonds is 2. The zero-order valence-electron chi connectivity index (χ0n) is 10.3. The highest BCUT2D eigenvalue weighted by Crippen LogP contribution is 2.22. The molecule has 0 unspecified atom stereocenters. The Morgan fingerprint density at radius 3 is 2.37 bits per heavy atom. The first-order valence-corrected chi connectivity index (χ1v) is 5.82. The van der Waals surface area contributed by atoms with Crippen molar-refractivity contribution < 1.29 is 0 Å². The molecule has 0 amide bonds. The second kappa shape index (κ2) is 5.30. The maximum Gasteiger partial charge on any atom is 0.205 e. The first-order chi connectivity index (χ1) is 8.79. The van der Waals surface area contributed by atoms with E-state index in [1.54, 1.807) is 0 Å². The molecule has 98 valence electrons. The molecule has 1 heterocycles. The number of halogens is 1. The number of hydrogen-bond donors (Lipinski definition) is 2. The quantitative estimate of drug-likeness (QED) is 0.754. The molecule has 0 aliphatic carbocycles. The lowest BCUT2D eigenvalue weighted by Crippen LogP contribution is -2.01. The molecule has 0 saturated heterocycles. The van der Waals surface area contributed by atoms with E-state index in [2.05, 4.69) is 4.98 Å². The van der Waals surface area contributed by atoms with Crippen LogP contribution in [0.1, 0.15) is 5.56 Å². The van der Waals surface area contributed by atoms with Crippen molar-refractivity contribution in [2.45, 2.75) is 6.54 Å². The smallest absolute Gasteiger partial charge is 0.205 e. The Bertz CT molecular complexity index is 688. The fourth-order valence-electron chi connectivity index (χ4n) is 2.10. The number of hydrogen-bond acceptors (Lipinski definition) is 3. The second-order valence-electron chi connectivity index (χ2n) is 4.16. The molecule has 3 aromatic rings. The van der Waals surface area contributed by atoms with Gasteiger partial charge in [0.25, 0.3) is 0 Å². The van der Waals surface area contributed by atoms with Gasteiger partial charge in [0.2, 0.25) is 5.95 Å². The van der Waals surface area contributed by atoms with E-state index in [9.17, 15) is 0 Å². The maximum absolute atomic E-state index is 5.98. The molecule has 2 aromatic carbocycles. The van der Waals surface area contributed by atoms with E-state index in [0.29, 0.717) is 12.5 Å². The third kappa shape index (κ3) is 2.28. The highest BCUT2D eigenvalue weighted by atomic mass is 35.5. The van der Waals surface area contributed by atoms with Gasteiger partial charge in [-0.1, -0.05) is 24.3 Å². The third-order valence-corrected chi connectivity index (χ3v) is 3.02. The largest absolute Gasteiger partial charge is 0.369 e. The standard InChI is InChI=1S/C14H14N4.ClH/c15-9-10-5-7-11(8-6-10)18-13-4-2-1-3-12(13)17-14(18)16;/h1-8H,9,15H2,(H2,16,17);1H. The van der Waals surface area contributed by atoms with Crippen molar-refractivity contribution in [1.82, 2.24) is 9.55 Å². The van der Waals surface area contributed by atoms with Crippen LogP contribution in [0.5, 0.6) is 0 Å². The zero-order chi connectivity index (χ0) is 12.5. The van der Waals surface area contributed by atoms with Crippen LogP contribution in [-0.4, -0.2) is 9.55 Å². The van der Waals surface area contributed by atoms with E-state index in [-0.39, 0.29) is 12.4 Å². The van der Waals surface area contributed by atoms with Crippen LogP contribution in [0, 0.1) is 0 Å². The van der Waals surface area contributed by atoms with Crippen molar-refractivity contribution in [3.05, 3.63) is 54.1 Å². The van der Waals surface area contributed by atoms with E-state index < -0.39 is 0 Å². The van der Waals surface area contributed by atoms with Crippen LogP contribution in [-0.2, 0) is 6.54 Å². The van der Waals surface area contributed by atoms with E-state index in [1.165, 1.54) is 0 Å². The van der Waals surface area contributed by atoms with Gasteiger partial charge in [-0.3, -0.25) is 4.57 Å². The Hall–Kier alpha value is -2.04. The molecule has 3 rings (SSSR count). The summed E-state index contributed by atoms with van der Waals surface area (Å²) in [4.78, 5) is 4.35. The number of benzene rings is 2. The molecule has 0 radical (unpaired) electrons. The molecule has 19 heavy (non-hydrogen) atoms. The number of fused-ring (bicyclic) bond motifs is 1. The predicted octanol–water partition coefficient (Wildman–Crippen LogP) is 2.49. The third-order valence-electron chi connectivity index (χ3n) is 3.02. The summed E-state index contributed by atoms with van der Waals surface area (Å²) in [6.07, 6.45) is 0.